The van der Waals surface area contributed by atoms with Crippen LogP contribution in [0.25, 0.3) is 0 Å². The van der Waals surface area contributed by atoms with E-state index in [1.165, 1.54) is 11.8 Å². The quantitative estimate of drug-likeness (QED) is 0.825. The summed E-state index contributed by atoms with van der Waals surface area (Å²) in [6.45, 7) is 1.27. The number of rotatable bonds is 3. The van der Waals surface area contributed by atoms with E-state index in [4.69, 9.17) is 0 Å². The number of para-hydroxylation sites is 1. The summed E-state index contributed by atoms with van der Waals surface area (Å²) in [6, 6.07) is 9.27. The number of carbonyl (C=O) groups excluding carboxylic acids is 3. The first kappa shape index (κ1) is 18.1. The zero-order chi connectivity index (χ0) is 20.1. The molecule has 1 N–H and O–H groups in total. The minimum absolute atomic E-state index is 0.285. The highest BCUT2D eigenvalue weighted by Crippen LogP contribution is 2.32. The van der Waals surface area contributed by atoms with E-state index in [1.54, 1.807) is 6.07 Å². The van der Waals surface area contributed by atoms with Crippen LogP contribution in [0.2, 0.25) is 0 Å². The number of nitrogens with one attached hydrogen (secondary N) is 1. The predicted molar refractivity (Wildman–Crippen MR) is 96.5 cm³/mol. The van der Waals surface area contributed by atoms with E-state index in [0.717, 1.165) is 34.3 Å². The van der Waals surface area contributed by atoms with Crippen molar-refractivity contribution in [3.63, 3.8) is 0 Å². The molecule has 1 atom stereocenters. The topological polar surface area (TPSA) is 69.7 Å². The molecule has 144 valence electrons. The molecule has 1 fully saturated rings. The summed E-state index contributed by atoms with van der Waals surface area (Å²) in [4.78, 5) is 40.3. The van der Waals surface area contributed by atoms with Crippen molar-refractivity contribution < 1.29 is 23.2 Å². The summed E-state index contributed by atoms with van der Waals surface area (Å²) in [5.41, 5.74) is -0.308. The highest BCUT2D eigenvalue weighted by atomic mass is 19.1. The summed E-state index contributed by atoms with van der Waals surface area (Å²) >= 11 is 0. The maximum Gasteiger partial charge on any atom is 0.325 e. The Bertz CT molecular complexity index is 1010. The number of anilines is 1. The molecule has 2 heterocycles. The largest absolute Gasteiger partial charge is 0.325 e. The first-order chi connectivity index (χ1) is 13.3. The van der Waals surface area contributed by atoms with Crippen LogP contribution in [-0.4, -0.2) is 35.8 Å². The lowest BCUT2D eigenvalue weighted by molar-refractivity contribution is -0.134. The van der Waals surface area contributed by atoms with Crippen molar-refractivity contribution in [3.05, 3.63) is 65.2 Å². The van der Waals surface area contributed by atoms with Crippen molar-refractivity contribution in [2.75, 3.05) is 18.0 Å². The summed E-state index contributed by atoms with van der Waals surface area (Å²) in [7, 11) is 0. The third-order valence-corrected chi connectivity index (χ3v) is 5.22. The number of benzene rings is 2. The fourth-order valence-corrected chi connectivity index (χ4v) is 3.72. The second-order valence-electron chi connectivity index (χ2n) is 6.99. The van der Waals surface area contributed by atoms with E-state index in [0.29, 0.717) is 13.0 Å². The molecule has 4 amide bonds. The van der Waals surface area contributed by atoms with Gasteiger partial charge in [0.25, 0.3) is 5.91 Å². The molecule has 1 saturated heterocycles. The molecule has 2 aliphatic heterocycles. The summed E-state index contributed by atoms with van der Waals surface area (Å²) in [6.07, 6.45) is 0.689. The van der Waals surface area contributed by atoms with Gasteiger partial charge >= 0.3 is 6.03 Å². The molecule has 2 aromatic rings. The Morgan fingerprint density at radius 2 is 1.93 bits per heavy atom. The number of nitrogens with zero attached hydrogens (tertiary/aromatic N) is 2. The molecule has 2 aromatic carbocycles. The van der Waals surface area contributed by atoms with Crippen molar-refractivity contribution in [2.24, 2.45) is 0 Å². The summed E-state index contributed by atoms with van der Waals surface area (Å²) in [5, 5.41) is 2.39. The maximum atomic E-state index is 14.2. The van der Waals surface area contributed by atoms with Gasteiger partial charge in [0.15, 0.2) is 0 Å². The molecule has 0 spiro atoms. The molecular weight excluding hydrogens is 368 g/mol. The second kappa shape index (κ2) is 6.40. The van der Waals surface area contributed by atoms with Crippen molar-refractivity contribution in [2.45, 2.75) is 18.9 Å². The Morgan fingerprint density at radius 1 is 1.18 bits per heavy atom. The van der Waals surface area contributed by atoms with Crippen LogP contribution in [0.5, 0.6) is 0 Å². The van der Waals surface area contributed by atoms with Crippen LogP contribution in [0.4, 0.5) is 19.3 Å². The smallest absolute Gasteiger partial charge is 0.319 e. The molecule has 4 rings (SSSR count). The SMILES string of the molecule is C[C@]1(c2cc(F)ccc2F)NC(=O)N(CC(=O)N2CCc3ccccc32)C1=O. The number of fused-ring (bicyclic) bond motifs is 1. The van der Waals surface area contributed by atoms with Gasteiger partial charge in [-0.25, -0.2) is 13.6 Å². The summed E-state index contributed by atoms with van der Waals surface area (Å²) in [5.74, 6) is -2.78. The van der Waals surface area contributed by atoms with E-state index >= 15 is 0 Å². The van der Waals surface area contributed by atoms with Crippen molar-refractivity contribution in [1.29, 1.82) is 0 Å². The zero-order valence-electron chi connectivity index (χ0n) is 15.0. The zero-order valence-corrected chi connectivity index (χ0v) is 15.0. The van der Waals surface area contributed by atoms with E-state index in [9.17, 15) is 23.2 Å². The van der Waals surface area contributed by atoms with Gasteiger partial charge in [-0.3, -0.25) is 14.5 Å². The van der Waals surface area contributed by atoms with Gasteiger partial charge in [-0.05, 0) is 43.2 Å². The van der Waals surface area contributed by atoms with Gasteiger partial charge in [0.2, 0.25) is 5.91 Å². The number of imide groups is 1. The van der Waals surface area contributed by atoms with E-state index in [1.807, 2.05) is 18.2 Å². The van der Waals surface area contributed by atoms with Gasteiger partial charge in [0.05, 0.1) is 0 Å². The van der Waals surface area contributed by atoms with Crippen LogP contribution in [-0.2, 0) is 21.5 Å². The molecule has 0 radical (unpaired) electrons. The average Bonchev–Trinajstić information content (AvgIpc) is 3.19. The minimum Gasteiger partial charge on any atom is -0.319 e. The number of hydrogen-bond acceptors (Lipinski definition) is 3. The number of hydrogen-bond donors (Lipinski definition) is 1. The lowest BCUT2D eigenvalue weighted by Gasteiger charge is -2.23. The number of amides is 4. The predicted octanol–water partition coefficient (Wildman–Crippen LogP) is 2.32. The molecule has 2 aliphatic rings. The molecule has 0 aromatic heterocycles. The average molecular weight is 385 g/mol. The first-order valence-corrected chi connectivity index (χ1v) is 8.79. The van der Waals surface area contributed by atoms with E-state index in [-0.39, 0.29) is 5.56 Å². The number of urea groups is 1. The van der Waals surface area contributed by atoms with Gasteiger partial charge in [0, 0.05) is 17.8 Å². The molecular formula is C20H17F2N3O3. The standard InChI is InChI=1S/C20H17F2N3O3/c1-20(14-10-13(21)6-7-15(14)22)18(27)25(19(28)23-20)11-17(26)24-9-8-12-4-2-3-5-16(12)24/h2-7,10H,8-9,11H2,1H3,(H,23,28)/t20-/m1/s1. The number of halogens is 2. The van der Waals surface area contributed by atoms with E-state index < -0.39 is 41.6 Å². The Hall–Kier alpha value is -3.29. The van der Waals surface area contributed by atoms with E-state index in [2.05, 4.69) is 5.32 Å². The minimum atomic E-state index is -1.79. The van der Waals surface area contributed by atoms with Crippen LogP contribution in [0.15, 0.2) is 42.5 Å². The normalized spacial score (nSPS) is 21.1. The second-order valence-corrected chi connectivity index (χ2v) is 6.99. The molecule has 0 aliphatic carbocycles. The Kier molecular flexibility index (Phi) is 4.14. The molecule has 0 unspecified atom stereocenters. The molecule has 6 nitrogen and oxygen atoms in total. The highest BCUT2D eigenvalue weighted by Gasteiger charge is 2.51. The first-order valence-electron chi connectivity index (χ1n) is 8.79. The maximum absolute atomic E-state index is 14.2. The monoisotopic (exact) mass is 385 g/mol. The van der Waals surface area contributed by atoms with Crippen molar-refractivity contribution in [3.8, 4) is 0 Å². The molecule has 0 bridgehead atoms. The van der Waals surface area contributed by atoms with Gasteiger partial charge in [-0.1, -0.05) is 18.2 Å². The molecule has 8 heteroatoms. The fraction of sp³-hybridized carbons (Fsp3) is 0.250. The van der Waals surface area contributed by atoms with Gasteiger partial charge in [-0.2, -0.15) is 0 Å². The van der Waals surface area contributed by atoms with Crippen LogP contribution < -0.4 is 10.2 Å². The third kappa shape index (κ3) is 2.72. The Morgan fingerprint density at radius 3 is 2.71 bits per heavy atom. The Balaban J connectivity index is 1.58. The van der Waals surface area contributed by atoms with Crippen molar-refractivity contribution in [1.82, 2.24) is 10.2 Å². The van der Waals surface area contributed by atoms with Gasteiger partial charge in [-0.15, -0.1) is 0 Å². The third-order valence-electron chi connectivity index (χ3n) is 5.22. The number of carbonyl (C=O) groups is 3. The van der Waals surface area contributed by atoms with Crippen LogP contribution in [0.3, 0.4) is 0 Å². The fourth-order valence-electron chi connectivity index (χ4n) is 3.72. The molecule has 28 heavy (non-hydrogen) atoms. The highest BCUT2D eigenvalue weighted by molar-refractivity contribution is 6.10. The van der Waals surface area contributed by atoms with Gasteiger partial charge < -0.3 is 10.2 Å². The van der Waals surface area contributed by atoms with Crippen LogP contribution >= 0.6 is 0 Å². The van der Waals surface area contributed by atoms with Crippen molar-refractivity contribution >= 4 is 23.5 Å². The van der Waals surface area contributed by atoms with Crippen LogP contribution in [0.1, 0.15) is 18.1 Å². The van der Waals surface area contributed by atoms with Crippen LogP contribution in [0, 0.1) is 11.6 Å². The lowest BCUT2D eigenvalue weighted by atomic mass is 9.91. The molecule has 0 saturated carbocycles. The Labute approximate surface area is 159 Å². The summed E-state index contributed by atoms with van der Waals surface area (Å²) < 4.78 is 27.8. The lowest BCUT2D eigenvalue weighted by Crippen LogP contribution is -2.44. The van der Waals surface area contributed by atoms with Gasteiger partial charge in [0.1, 0.15) is 23.7 Å².